The third-order valence-electron chi connectivity index (χ3n) is 4.60. The first kappa shape index (κ1) is 19.3. The lowest BCUT2D eigenvalue weighted by atomic mass is 10.0. The van der Waals surface area contributed by atoms with Gasteiger partial charge in [-0.2, -0.15) is 5.10 Å². The first-order valence-corrected chi connectivity index (χ1v) is 9.05. The summed E-state index contributed by atoms with van der Waals surface area (Å²) < 4.78 is 15.2. The van der Waals surface area contributed by atoms with Crippen LogP contribution in [0.3, 0.4) is 0 Å². The summed E-state index contributed by atoms with van der Waals surface area (Å²) in [5.74, 6) is 1.01. The summed E-state index contributed by atoms with van der Waals surface area (Å²) >= 11 is 0. The van der Waals surface area contributed by atoms with Crippen molar-refractivity contribution in [2.45, 2.75) is 13.5 Å². The van der Waals surface area contributed by atoms with Gasteiger partial charge in [-0.3, -0.25) is 0 Å². The maximum absolute atomic E-state index is 12.8. The molecular weight excluding hydrogens is 389 g/mol. The van der Waals surface area contributed by atoms with Crippen molar-refractivity contribution in [2.24, 2.45) is 5.73 Å². The predicted octanol–water partition coefficient (Wildman–Crippen LogP) is 1.40. The fourth-order valence-corrected chi connectivity index (χ4v) is 3.03. The smallest absolute Gasteiger partial charge is 0.327 e. The van der Waals surface area contributed by atoms with E-state index >= 15 is 0 Å². The molecule has 3 aromatic heterocycles. The lowest BCUT2D eigenvalue weighted by Gasteiger charge is -2.08. The monoisotopic (exact) mass is 407 g/mol. The molecule has 0 fully saturated rings. The van der Waals surface area contributed by atoms with Gasteiger partial charge in [0.15, 0.2) is 5.82 Å². The maximum Gasteiger partial charge on any atom is 0.351 e. The van der Waals surface area contributed by atoms with E-state index in [1.54, 1.807) is 6.20 Å². The van der Waals surface area contributed by atoms with Crippen molar-refractivity contribution in [3.8, 4) is 28.3 Å². The molecule has 3 N–H and O–H groups in total. The van der Waals surface area contributed by atoms with Crippen LogP contribution < -0.4 is 11.4 Å². The number of hydrogen-bond acceptors (Lipinski definition) is 7. The molecule has 1 aromatic carbocycles. The number of halogens is 1. The van der Waals surface area contributed by atoms with Gasteiger partial charge in [-0.25, -0.2) is 28.5 Å². The van der Waals surface area contributed by atoms with Gasteiger partial charge < -0.3 is 5.73 Å². The molecule has 3 heterocycles. The van der Waals surface area contributed by atoms with Crippen LogP contribution in [0.5, 0.6) is 0 Å². The highest BCUT2D eigenvalue weighted by molar-refractivity contribution is 5.70. The van der Waals surface area contributed by atoms with Gasteiger partial charge in [-0.1, -0.05) is 18.2 Å². The second kappa shape index (κ2) is 8.17. The number of tetrazole rings is 1. The minimum Gasteiger partial charge on any atom is -0.327 e. The van der Waals surface area contributed by atoms with Crippen LogP contribution in [0.1, 0.15) is 5.56 Å². The van der Waals surface area contributed by atoms with Gasteiger partial charge >= 0.3 is 5.69 Å². The zero-order chi connectivity index (χ0) is 21.1. The van der Waals surface area contributed by atoms with Gasteiger partial charge in [0.25, 0.3) is 0 Å². The van der Waals surface area contributed by atoms with Crippen LogP contribution in [0.4, 0.5) is 4.39 Å². The molecule has 11 heteroatoms. The van der Waals surface area contributed by atoms with E-state index in [0.29, 0.717) is 18.0 Å². The molecule has 0 unspecified atom stereocenters. The molecule has 0 atom stereocenters. The van der Waals surface area contributed by atoms with E-state index in [0.717, 1.165) is 26.9 Å². The SMILES string of the molecule is Cc1cc(-c2cccc(-c3nnn[nH]3)c2)cnc1-n1cnn(C/C(=C/F)CN)c1=O. The largest absolute Gasteiger partial charge is 0.351 e. The molecule has 4 aromatic rings. The van der Waals surface area contributed by atoms with E-state index < -0.39 is 5.69 Å². The van der Waals surface area contributed by atoms with Crippen molar-refractivity contribution >= 4 is 0 Å². The van der Waals surface area contributed by atoms with Crippen molar-refractivity contribution in [3.05, 3.63) is 70.8 Å². The number of aromatic amines is 1. The molecule has 0 aliphatic carbocycles. The highest BCUT2D eigenvalue weighted by atomic mass is 19.1. The van der Waals surface area contributed by atoms with Crippen LogP contribution in [0.15, 0.2) is 59.6 Å². The predicted molar refractivity (Wildman–Crippen MR) is 107 cm³/mol. The van der Waals surface area contributed by atoms with Gasteiger partial charge in [0.2, 0.25) is 0 Å². The highest BCUT2D eigenvalue weighted by Crippen LogP contribution is 2.25. The molecule has 0 saturated heterocycles. The van der Waals surface area contributed by atoms with E-state index in [1.807, 2.05) is 37.3 Å². The fourth-order valence-electron chi connectivity index (χ4n) is 3.03. The van der Waals surface area contributed by atoms with Crippen LogP contribution in [0, 0.1) is 6.92 Å². The number of aromatic nitrogens is 8. The molecule has 10 nitrogen and oxygen atoms in total. The molecule has 0 saturated carbocycles. The molecule has 0 spiro atoms. The minimum atomic E-state index is -0.425. The van der Waals surface area contributed by atoms with Crippen molar-refractivity contribution < 1.29 is 4.39 Å². The van der Waals surface area contributed by atoms with Crippen LogP contribution in [-0.2, 0) is 6.54 Å². The van der Waals surface area contributed by atoms with Gasteiger partial charge in [0.05, 0.1) is 12.9 Å². The normalized spacial score (nSPS) is 11.8. The Morgan fingerprint density at radius 2 is 2.10 bits per heavy atom. The summed E-state index contributed by atoms with van der Waals surface area (Å²) in [6.07, 6.45) is 3.44. The van der Waals surface area contributed by atoms with E-state index in [1.165, 1.54) is 10.9 Å². The maximum atomic E-state index is 12.8. The van der Waals surface area contributed by atoms with E-state index in [4.69, 9.17) is 5.73 Å². The van der Waals surface area contributed by atoms with Crippen molar-refractivity contribution in [1.82, 2.24) is 40.0 Å². The summed E-state index contributed by atoms with van der Waals surface area (Å²) in [5.41, 5.74) is 8.71. The van der Waals surface area contributed by atoms with Gasteiger partial charge in [-0.15, -0.1) is 5.10 Å². The van der Waals surface area contributed by atoms with E-state index in [2.05, 4.69) is 30.7 Å². The molecule has 4 rings (SSSR count). The zero-order valence-electron chi connectivity index (χ0n) is 16.0. The number of nitrogens with two attached hydrogens (primary N) is 1. The zero-order valence-corrected chi connectivity index (χ0v) is 16.0. The van der Waals surface area contributed by atoms with E-state index in [-0.39, 0.29) is 18.7 Å². The third kappa shape index (κ3) is 3.65. The number of nitrogens with one attached hydrogen (secondary N) is 1. The molecular formula is C19H18FN9O. The lowest BCUT2D eigenvalue weighted by Crippen LogP contribution is -2.26. The lowest BCUT2D eigenvalue weighted by molar-refractivity contribution is 0.612. The van der Waals surface area contributed by atoms with Crippen LogP contribution in [0.25, 0.3) is 28.3 Å². The summed E-state index contributed by atoms with van der Waals surface area (Å²) in [7, 11) is 0. The Labute approximate surface area is 169 Å². The number of rotatable bonds is 6. The third-order valence-corrected chi connectivity index (χ3v) is 4.60. The topological polar surface area (TPSA) is 133 Å². The highest BCUT2D eigenvalue weighted by Gasteiger charge is 2.13. The van der Waals surface area contributed by atoms with Crippen LogP contribution in [-0.4, -0.2) is 46.5 Å². The summed E-state index contributed by atoms with van der Waals surface area (Å²) in [6.45, 7) is 1.84. The standard InChI is InChI=1S/C19H18FN9O/c1-12-5-16(14-3-2-4-15(6-14)17-24-26-27-25-17)9-22-18(12)28-11-23-29(19(28)30)10-13(7-20)8-21/h2-7,9,11H,8,10,21H2,1H3,(H,24,25,26,27)/b13-7+. The van der Waals surface area contributed by atoms with E-state index in [9.17, 15) is 9.18 Å². The number of pyridine rings is 1. The number of hydrogen-bond donors (Lipinski definition) is 2. The minimum absolute atomic E-state index is 0.00493. The van der Waals surface area contributed by atoms with Gasteiger partial charge in [0.1, 0.15) is 12.1 Å². The quantitative estimate of drug-likeness (QED) is 0.493. The summed E-state index contributed by atoms with van der Waals surface area (Å²) in [4.78, 5) is 17.1. The summed E-state index contributed by atoms with van der Waals surface area (Å²) in [6, 6.07) is 9.62. The van der Waals surface area contributed by atoms with Gasteiger partial charge in [0, 0.05) is 23.9 Å². The fraction of sp³-hybridized carbons (Fsp3) is 0.158. The van der Waals surface area contributed by atoms with Gasteiger partial charge in [-0.05, 0) is 46.2 Å². The molecule has 0 aliphatic heterocycles. The number of nitrogens with zero attached hydrogens (tertiary/aromatic N) is 7. The average Bonchev–Trinajstić information content (AvgIpc) is 3.43. The number of benzene rings is 1. The van der Waals surface area contributed by atoms with Crippen molar-refractivity contribution in [1.29, 1.82) is 0 Å². The molecule has 0 aliphatic rings. The Morgan fingerprint density at radius 3 is 2.80 bits per heavy atom. The molecule has 0 amide bonds. The van der Waals surface area contributed by atoms with Crippen LogP contribution in [0.2, 0.25) is 0 Å². The Bertz CT molecular complexity index is 1260. The molecule has 152 valence electrons. The van der Waals surface area contributed by atoms with Crippen molar-refractivity contribution in [2.75, 3.05) is 6.54 Å². The Kier molecular flexibility index (Phi) is 5.26. The summed E-state index contributed by atoms with van der Waals surface area (Å²) in [5, 5.41) is 17.9. The van der Waals surface area contributed by atoms with Crippen LogP contribution >= 0.6 is 0 Å². The number of H-pyrrole nitrogens is 1. The molecule has 0 bridgehead atoms. The molecule has 30 heavy (non-hydrogen) atoms. The Morgan fingerprint density at radius 1 is 1.27 bits per heavy atom. The molecule has 0 radical (unpaired) electrons. The number of aryl methyl sites for hydroxylation is 1. The second-order valence-electron chi connectivity index (χ2n) is 6.61. The first-order valence-electron chi connectivity index (χ1n) is 9.05. The Hall–Kier alpha value is -3.99. The second-order valence-corrected chi connectivity index (χ2v) is 6.61. The first-order chi connectivity index (χ1) is 14.6. The Balaban J connectivity index is 1.66. The average molecular weight is 407 g/mol. The van der Waals surface area contributed by atoms with Crippen molar-refractivity contribution in [3.63, 3.8) is 0 Å².